The fourth-order valence-electron chi connectivity index (χ4n) is 3.38. The van der Waals surface area contributed by atoms with Crippen molar-refractivity contribution in [3.63, 3.8) is 0 Å². The topological polar surface area (TPSA) is 54.9 Å². The predicted molar refractivity (Wildman–Crippen MR) is 91.9 cm³/mol. The molecule has 2 fully saturated rings. The number of aliphatic imine (C=N–C) groups is 1. The molecular formula is C18H27N3O2. The highest BCUT2D eigenvalue weighted by Gasteiger charge is 2.41. The molecule has 3 atom stereocenters. The fourth-order valence-corrected chi connectivity index (χ4v) is 3.38. The van der Waals surface area contributed by atoms with Crippen molar-refractivity contribution in [3.05, 3.63) is 29.8 Å². The summed E-state index contributed by atoms with van der Waals surface area (Å²) in [4.78, 5) is 4.73. The number of ether oxygens (including phenoxy) is 2. The van der Waals surface area contributed by atoms with Gasteiger partial charge in [-0.05, 0) is 39.2 Å². The van der Waals surface area contributed by atoms with Crippen LogP contribution in [-0.4, -0.2) is 37.4 Å². The lowest BCUT2D eigenvalue weighted by Crippen LogP contribution is -2.47. The van der Waals surface area contributed by atoms with Gasteiger partial charge in [-0.1, -0.05) is 18.2 Å². The summed E-state index contributed by atoms with van der Waals surface area (Å²) < 4.78 is 11.6. The first-order valence-electron chi connectivity index (χ1n) is 8.71. The second-order valence-corrected chi connectivity index (χ2v) is 6.10. The summed E-state index contributed by atoms with van der Waals surface area (Å²) in [6.07, 6.45) is 4.25. The molecule has 3 unspecified atom stereocenters. The Morgan fingerprint density at radius 1 is 1.30 bits per heavy atom. The monoisotopic (exact) mass is 317 g/mol. The zero-order valence-corrected chi connectivity index (χ0v) is 14.0. The van der Waals surface area contributed by atoms with Gasteiger partial charge in [-0.25, -0.2) is 4.99 Å². The summed E-state index contributed by atoms with van der Waals surface area (Å²) in [6, 6.07) is 8.47. The highest BCUT2D eigenvalue weighted by Crippen LogP contribution is 2.34. The standard InChI is InChI=1S/C18H27N3O2/c1-3-19-18(21-15-11-14-9-10-17(15)23-14)20-12-13-7-5-6-8-16(13)22-4-2/h5-8,14-15,17H,3-4,9-12H2,1-2H3,(H2,19,20,21). The molecule has 2 saturated heterocycles. The van der Waals surface area contributed by atoms with E-state index in [-0.39, 0.29) is 0 Å². The van der Waals surface area contributed by atoms with Crippen LogP contribution >= 0.6 is 0 Å². The molecule has 0 spiro atoms. The summed E-state index contributed by atoms with van der Waals surface area (Å²) in [7, 11) is 0. The Morgan fingerprint density at radius 2 is 2.17 bits per heavy atom. The highest BCUT2D eigenvalue weighted by atomic mass is 16.5. The summed E-state index contributed by atoms with van der Waals surface area (Å²) in [5.41, 5.74) is 1.11. The SMILES string of the molecule is CCNC(=NCc1ccccc1OCC)NC1CC2CCC1O2. The predicted octanol–water partition coefficient (Wildman–Crippen LogP) is 2.46. The maximum atomic E-state index is 5.91. The first kappa shape index (κ1) is 16.1. The number of hydrogen-bond donors (Lipinski definition) is 2. The van der Waals surface area contributed by atoms with Crippen molar-refractivity contribution in [3.8, 4) is 5.75 Å². The lowest BCUT2D eigenvalue weighted by molar-refractivity contribution is 0.0992. The first-order chi connectivity index (χ1) is 11.3. The van der Waals surface area contributed by atoms with Gasteiger partial charge in [0.2, 0.25) is 0 Å². The third-order valence-corrected chi connectivity index (χ3v) is 4.45. The number of rotatable bonds is 6. The molecule has 2 aliphatic heterocycles. The quantitative estimate of drug-likeness (QED) is 0.625. The molecule has 1 aromatic carbocycles. The van der Waals surface area contributed by atoms with Crippen molar-refractivity contribution in [2.75, 3.05) is 13.2 Å². The minimum atomic E-state index is 0.347. The minimum absolute atomic E-state index is 0.347. The Kier molecular flexibility index (Phi) is 5.39. The molecule has 0 aliphatic carbocycles. The molecular weight excluding hydrogens is 290 g/mol. The molecule has 126 valence electrons. The van der Waals surface area contributed by atoms with E-state index in [1.165, 1.54) is 6.42 Å². The Bertz CT molecular complexity index is 547. The number of fused-ring (bicyclic) bond motifs is 2. The third-order valence-electron chi connectivity index (χ3n) is 4.45. The van der Waals surface area contributed by atoms with Gasteiger partial charge in [-0.2, -0.15) is 0 Å². The second-order valence-electron chi connectivity index (χ2n) is 6.10. The van der Waals surface area contributed by atoms with Gasteiger partial charge < -0.3 is 20.1 Å². The van der Waals surface area contributed by atoms with E-state index in [2.05, 4.69) is 23.6 Å². The van der Waals surface area contributed by atoms with Crippen LogP contribution in [0.1, 0.15) is 38.7 Å². The largest absolute Gasteiger partial charge is 0.494 e. The minimum Gasteiger partial charge on any atom is -0.494 e. The van der Waals surface area contributed by atoms with Crippen LogP contribution < -0.4 is 15.4 Å². The maximum Gasteiger partial charge on any atom is 0.191 e. The van der Waals surface area contributed by atoms with Gasteiger partial charge in [-0.3, -0.25) is 0 Å². The highest BCUT2D eigenvalue weighted by molar-refractivity contribution is 5.80. The molecule has 0 saturated carbocycles. The Labute approximate surface area is 138 Å². The molecule has 2 aliphatic rings. The third kappa shape index (κ3) is 3.96. The van der Waals surface area contributed by atoms with Gasteiger partial charge in [0, 0.05) is 12.1 Å². The van der Waals surface area contributed by atoms with Crippen molar-refractivity contribution in [1.82, 2.24) is 10.6 Å². The lowest BCUT2D eigenvalue weighted by Gasteiger charge is -2.22. The molecule has 2 N–H and O–H groups in total. The average molecular weight is 317 g/mol. The molecule has 5 nitrogen and oxygen atoms in total. The second kappa shape index (κ2) is 7.68. The molecule has 1 aromatic rings. The van der Waals surface area contributed by atoms with Gasteiger partial charge in [-0.15, -0.1) is 0 Å². The smallest absolute Gasteiger partial charge is 0.191 e. The van der Waals surface area contributed by atoms with Gasteiger partial charge in [0.05, 0.1) is 31.4 Å². The van der Waals surface area contributed by atoms with E-state index in [0.29, 0.717) is 31.4 Å². The van der Waals surface area contributed by atoms with Crippen molar-refractivity contribution in [2.45, 2.75) is 57.9 Å². The number of para-hydroxylation sites is 1. The van der Waals surface area contributed by atoms with Crippen LogP contribution in [0.15, 0.2) is 29.3 Å². The van der Waals surface area contributed by atoms with E-state index in [9.17, 15) is 0 Å². The number of benzene rings is 1. The molecule has 0 aromatic heterocycles. The van der Waals surface area contributed by atoms with Gasteiger partial charge >= 0.3 is 0 Å². The normalized spacial score (nSPS) is 26.3. The summed E-state index contributed by atoms with van der Waals surface area (Å²) in [5.74, 6) is 1.78. The van der Waals surface area contributed by atoms with Gasteiger partial charge in [0.1, 0.15) is 5.75 Å². The summed E-state index contributed by atoms with van der Waals surface area (Å²) >= 11 is 0. The van der Waals surface area contributed by atoms with Gasteiger partial charge in [0.25, 0.3) is 0 Å². The molecule has 0 radical (unpaired) electrons. The number of nitrogens with one attached hydrogen (secondary N) is 2. The zero-order chi connectivity index (χ0) is 16.1. The van der Waals surface area contributed by atoms with Crippen LogP contribution in [-0.2, 0) is 11.3 Å². The van der Waals surface area contributed by atoms with E-state index in [1.54, 1.807) is 0 Å². The Balaban J connectivity index is 1.65. The van der Waals surface area contributed by atoms with Crippen molar-refractivity contribution in [1.29, 1.82) is 0 Å². The van der Waals surface area contributed by atoms with Gasteiger partial charge in [0.15, 0.2) is 5.96 Å². The van der Waals surface area contributed by atoms with Crippen LogP contribution in [0.5, 0.6) is 5.75 Å². The first-order valence-corrected chi connectivity index (χ1v) is 8.71. The Morgan fingerprint density at radius 3 is 2.87 bits per heavy atom. The number of guanidine groups is 1. The van der Waals surface area contributed by atoms with E-state index in [1.807, 2.05) is 25.1 Å². The summed E-state index contributed by atoms with van der Waals surface area (Å²) in [5, 5.41) is 6.88. The van der Waals surface area contributed by atoms with Crippen LogP contribution in [0.2, 0.25) is 0 Å². The maximum absolute atomic E-state index is 5.91. The molecule has 2 heterocycles. The average Bonchev–Trinajstić information content (AvgIpc) is 3.17. The summed E-state index contributed by atoms with van der Waals surface area (Å²) in [6.45, 7) is 6.21. The molecule has 2 bridgehead atoms. The molecule has 5 heteroatoms. The molecule has 0 amide bonds. The van der Waals surface area contributed by atoms with Crippen molar-refractivity contribution in [2.24, 2.45) is 4.99 Å². The molecule has 3 rings (SSSR count). The van der Waals surface area contributed by atoms with Crippen LogP contribution in [0.4, 0.5) is 0 Å². The van der Waals surface area contributed by atoms with E-state index in [0.717, 1.165) is 36.7 Å². The Hall–Kier alpha value is -1.75. The fraction of sp³-hybridized carbons (Fsp3) is 0.611. The van der Waals surface area contributed by atoms with E-state index >= 15 is 0 Å². The molecule has 23 heavy (non-hydrogen) atoms. The van der Waals surface area contributed by atoms with E-state index in [4.69, 9.17) is 14.5 Å². The van der Waals surface area contributed by atoms with Crippen LogP contribution in [0.3, 0.4) is 0 Å². The van der Waals surface area contributed by atoms with Crippen LogP contribution in [0.25, 0.3) is 0 Å². The van der Waals surface area contributed by atoms with E-state index < -0.39 is 0 Å². The van der Waals surface area contributed by atoms with Crippen molar-refractivity contribution < 1.29 is 9.47 Å². The number of nitrogens with zero attached hydrogens (tertiary/aromatic N) is 1. The lowest BCUT2D eigenvalue weighted by atomic mass is 9.96. The zero-order valence-electron chi connectivity index (χ0n) is 14.0. The number of hydrogen-bond acceptors (Lipinski definition) is 3. The van der Waals surface area contributed by atoms with Crippen LogP contribution in [0, 0.1) is 0 Å². The van der Waals surface area contributed by atoms with Crippen molar-refractivity contribution >= 4 is 5.96 Å².